The normalized spacial score (nSPS) is 22.4. The zero-order valence-corrected chi connectivity index (χ0v) is 10.3. The molecule has 0 aromatic rings. The molecule has 0 aromatic carbocycles. The summed E-state index contributed by atoms with van der Waals surface area (Å²) in [6.45, 7) is 4.67. The van der Waals surface area contributed by atoms with Crippen LogP contribution in [0.4, 0.5) is 0 Å². The van der Waals surface area contributed by atoms with E-state index in [0.717, 1.165) is 12.8 Å². The third-order valence-corrected chi connectivity index (χ3v) is 2.68. The third-order valence-electron chi connectivity index (χ3n) is 2.68. The van der Waals surface area contributed by atoms with Crippen LogP contribution in [0.25, 0.3) is 0 Å². The van der Waals surface area contributed by atoms with Crippen LogP contribution in [0.1, 0.15) is 46.0 Å². The zero-order chi connectivity index (χ0) is 11.8. The lowest BCUT2D eigenvalue weighted by molar-refractivity contribution is -0.177. The minimum Gasteiger partial charge on any atom is -0.343 e. The molecular formula is C13H22O3. The molecule has 1 heterocycles. The van der Waals surface area contributed by atoms with Gasteiger partial charge in [0.25, 0.3) is 0 Å². The van der Waals surface area contributed by atoms with Gasteiger partial charge in [-0.1, -0.05) is 38.7 Å². The van der Waals surface area contributed by atoms with E-state index in [1.165, 1.54) is 25.3 Å². The fourth-order valence-corrected chi connectivity index (χ4v) is 1.71. The lowest BCUT2D eigenvalue weighted by atomic mass is 10.1. The van der Waals surface area contributed by atoms with Crippen molar-refractivity contribution in [1.29, 1.82) is 0 Å². The van der Waals surface area contributed by atoms with Crippen LogP contribution in [0, 0.1) is 0 Å². The summed E-state index contributed by atoms with van der Waals surface area (Å²) in [6.07, 6.45) is 8.58. The summed E-state index contributed by atoms with van der Waals surface area (Å²) in [4.78, 5) is 11.4. The van der Waals surface area contributed by atoms with Crippen molar-refractivity contribution in [2.45, 2.75) is 58.3 Å². The largest absolute Gasteiger partial charge is 0.343 e. The second-order valence-corrected chi connectivity index (χ2v) is 4.27. The van der Waals surface area contributed by atoms with Gasteiger partial charge in [-0.2, -0.15) is 0 Å². The average Bonchev–Trinajstić information content (AvgIpc) is 2.28. The molecule has 0 aromatic heterocycles. The van der Waals surface area contributed by atoms with Crippen molar-refractivity contribution in [3.8, 4) is 0 Å². The first-order valence-corrected chi connectivity index (χ1v) is 6.21. The van der Waals surface area contributed by atoms with Crippen molar-refractivity contribution in [2.24, 2.45) is 0 Å². The van der Waals surface area contributed by atoms with E-state index in [1.54, 1.807) is 6.08 Å². The number of ketones is 1. The molecule has 0 saturated carbocycles. The number of ether oxygens (including phenoxy) is 2. The Kier molecular flexibility index (Phi) is 6.34. The number of rotatable bonds is 7. The van der Waals surface area contributed by atoms with E-state index in [-0.39, 0.29) is 11.9 Å². The number of hydrogen-bond acceptors (Lipinski definition) is 3. The molecule has 0 saturated heterocycles. The Labute approximate surface area is 97.8 Å². The van der Waals surface area contributed by atoms with Gasteiger partial charge in [0.05, 0.1) is 12.7 Å². The summed E-state index contributed by atoms with van der Waals surface area (Å²) in [7, 11) is 0. The van der Waals surface area contributed by atoms with E-state index in [4.69, 9.17) is 9.47 Å². The molecule has 0 aliphatic carbocycles. The molecule has 16 heavy (non-hydrogen) atoms. The summed E-state index contributed by atoms with van der Waals surface area (Å²) in [5.41, 5.74) is 0. The maximum Gasteiger partial charge on any atom is 0.222 e. The van der Waals surface area contributed by atoms with E-state index in [0.29, 0.717) is 6.61 Å². The van der Waals surface area contributed by atoms with Crippen LogP contribution in [0.15, 0.2) is 12.2 Å². The van der Waals surface area contributed by atoms with E-state index in [9.17, 15) is 4.79 Å². The van der Waals surface area contributed by atoms with Crippen molar-refractivity contribution in [3.05, 3.63) is 12.2 Å². The molecule has 0 fully saturated rings. The highest BCUT2D eigenvalue weighted by Gasteiger charge is 2.22. The van der Waals surface area contributed by atoms with Gasteiger partial charge >= 0.3 is 0 Å². The van der Waals surface area contributed by atoms with Gasteiger partial charge in [-0.05, 0) is 19.4 Å². The van der Waals surface area contributed by atoms with Crippen molar-refractivity contribution < 1.29 is 14.3 Å². The molecule has 1 rings (SSSR count). The van der Waals surface area contributed by atoms with E-state index in [2.05, 4.69) is 6.92 Å². The molecule has 0 radical (unpaired) electrons. The number of unbranched alkanes of at least 4 members (excludes halogenated alkanes) is 3. The first-order valence-electron chi connectivity index (χ1n) is 6.21. The topological polar surface area (TPSA) is 35.5 Å². The fourth-order valence-electron chi connectivity index (χ4n) is 1.71. The van der Waals surface area contributed by atoms with Gasteiger partial charge in [0.15, 0.2) is 0 Å². The Bertz CT molecular complexity index is 235. The Morgan fingerprint density at radius 1 is 1.50 bits per heavy atom. The van der Waals surface area contributed by atoms with Crippen LogP contribution in [0.5, 0.6) is 0 Å². The minimum atomic E-state index is -0.675. The highest BCUT2D eigenvalue weighted by Crippen LogP contribution is 2.12. The van der Waals surface area contributed by atoms with Gasteiger partial charge < -0.3 is 9.47 Å². The Morgan fingerprint density at radius 3 is 3.00 bits per heavy atom. The average molecular weight is 226 g/mol. The smallest absolute Gasteiger partial charge is 0.222 e. The van der Waals surface area contributed by atoms with Crippen molar-refractivity contribution in [1.82, 2.24) is 0 Å². The molecule has 0 unspecified atom stereocenters. The van der Waals surface area contributed by atoms with Crippen LogP contribution >= 0.6 is 0 Å². The van der Waals surface area contributed by atoms with Gasteiger partial charge in [-0.25, -0.2) is 0 Å². The first-order chi connectivity index (χ1) is 7.74. The van der Waals surface area contributed by atoms with Gasteiger partial charge in [-0.3, -0.25) is 4.79 Å². The molecular weight excluding hydrogens is 204 g/mol. The van der Waals surface area contributed by atoms with Gasteiger partial charge in [0.1, 0.15) is 0 Å². The van der Waals surface area contributed by atoms with Gasteiger partial charge in [0, 0.05) is 0 Å². The quantitative estimate of drug-likeness (QED) is 0.626. The predicted octanol–water partition coefficient (Wildman–Crippen LogP) is 2.84. The van der Waals surface area contributed by atoms with E-state index in [1.807, 2.05) is 6.92 Å². The first kappa shape index (κ1) is 13.4. The van der Waals surface area contributed by atoms with Crippen molar-refractivity contribution in [2.75, 3.05) is 6.61 Å². The van der Waals surface area contributed by atoms with Crippen molar-refractivity contribution in [3.63, 3.8) is 0 Å². The molecule has 1 aliphatic rings. The minimum absolute atomic E-state index is 0.0772. The monoisotopic (exact) mass is 226 g/mol. The predicted molar refractivity (Wildman–Crippen MR) is 63.2 cm³/mol. The fraction of sp³-hybridized carbons (Fsp3) is 0.769. The van der Waals surface area contributed by atoms with Gasteiger partial charge in [-0.15, -0.1) is 0 Å². The molecule has 0 bridgehead atoms. The molecule has 0 amide bonds. The summed E-state index contributed by atoms with van der Waals surface area (Å²) in [6, 6.07) is 0. The summed E-state index contributed by atoms with van der Waals surface area (Å²) in [5, 5.41) is 0. The number of carbonyl (C=O) groups excluding carboxylic acids is 1. The molecule has 3 nitrogen and oxygen atoms in total. The van der Waals surface area contributed by atoms with Crippen molar-refractivity contribution >= 4 is 5.78 Å². The SMILES string of the molecule is CCCCCC[C@H](C)O[C@@H]1OCC=CC1=O. The van der Waals surface area contributed by atoms with Crippen LogP contribution in [0.3, 0.4) is 0 Å². The molecule has 2 atom stereocenters. The summed E-state index contributed by atoms with van der Waals surface area (Å²) in [5.74, 6) is -0.0772. The Morgan fingerprint density at radius 2 is 2.31 bits per heavy atom. The van der Waals surface area contributed by atoms with Gasteiger partial charge in [0.2, 0.25) is 12.1 Å². The second-order valence-electron chi connectivity index (χ2n) is 4.27. The molecule has 1 aliphatic heterocycles. The Hall–Kier alpha value is -0.670. The Balaban J connectivity index is 2.15. The molecule has 0 spiro atoms. The van der Waals surface area contributed by atoms with E-state index >= 15 is 0 Å². The maximum atomic E-state index is 11.4. The highest BCUT2D eigenvalue weighted by molar-refractivity contribution is 5.93. The van der Waals surface area contributed by atoms with Crippen LogP contribution in [0.2, 0.25) is 0 Å². The third kappa shape index (κ3) is 4.90. The van der Waals surface area contributed by atoms with Crippen LogP contribution < -0.4 is 0 Å². The summed E-state index contributed by atoms with van der Waals surface area (Å²) >= 11 is 0. The highest BCUT2D eigenvalue weighted by atomic mass is 16.7. The summed E-state index contributed by atoms with van der Waals surface area (Å²) < 4.78 is 10.8. The molecule has 92 valence electrons. The lowest BCUT2D eigenvalue weighted by Gasteiger charge is -2.22. The van der Waals surface area contributed by atoms with E-state index < -0.39 is 6.29 Å². The van der Waals surface area contributed by atoms with Crippen LogP contribution in [-0.4, -0.2) is 24.8 Å². The molecule has 0 N–H and O–H groups in total. The second kappa shape index (κ2) is 7.58. The standard InChI is InChI=1S/C13H22O3/c1-3-4-5-6-8-11(2)16-13-12(14)9-7-10-15-13/h7,9,11,13H,3-6,8,10H2,1-2H3/t11-,13-/m0/s1. The zero-order valence-electron chi connectivity index (χ0n) is 10.3. The number of carbonyl (C=O) groups is 1. The molecule has 3 heteroatoms. The number of hydrogen-bond donors (Lipinski definition) is 0. The maximum absolute atomic E-state index is 11.4. The lowest BCUT2D eigenvalue weighted by Crippen LogP contribution is -2.32. The van der Waals surface area contributed by atoms with Crippen LogP contribution in [-0.2, 0) is 14.3 Å².